The van der Waals surface area contributed by atoms with Crippen LogP contribution in [0.2, 0.25) is 0 Å². The van der Waals surface area contributed by atoms with Gasteiger partial charge in [-0.15, -0.1) is 0 Å². The summed E-state index contributed by atoms with van der Waals surface area (Å²) in [5, 5.41) is 15.6. The van der Waals surface area contributed by atoms with Gasteiger partial charge in [-0.25, -0.2) is 14.5 Å². The van der Waals surface area contributed by atoms with Gasteiger partial charge in [-0.05, 0) is 38.9 Å². The Morgan fingerprint density at radius 3 is 2.83 bits per heavy atom. The van der Waals surface area contributed by atoms with Crippen LogP contribution < -0.4 is 15.4 Å². The highest BCUT2D eigenvalue weighted by atomic mass is 16.5. The van der Waals surface area contributed by atoms with Crippen LogP contribution in [0.1, 0.15) is 17.9 Å². The normalized spacial score (nSPS) is 15.9. The molecule has 0 aromatic carbocycles. The zero-order valence-corrected chi connectivity index (χ0v) is 17.3. The summed E-state index contributed by atoms with van der Waals surface area (Å²) in [5.74, 6) is 2.97. The van der Waals surface area contributed by atoms with Gasteiger partial charge in [0, 0.05) is 42.7 Å². The Morgan fingerprint density at radius 2 is 2.07 bits per heavy atom. The van der Waals surface area contributed by atoms with Crippen LogP contribution in [0.5, 0.6) is 5.75 Å². The Morgan fingerprint density at radius 1 is 1.20 bits per heavy atom. The van der Waals surface area contributed by atoms with Crippen molar-refractivity contribution in [3.05, 3.63) is 48.2 Å². The lowest BCUT2D eigenvalue weighted by Gasteiger charge is -2.27. The molecule has 0 saturated carbocycles. The minimum absolute atomic E-state index is 0.429. The molecule has 0 bridgehead atoms. The lowest BCUT2D eigenvalue weighted by Crippen LogP contribution is -2.46. The summed E-state index contributed by atoms with van der Waals surface area (Å²) in [4.78, 5) is 8.73. The number of pyridine rings is 1. The summed E-state index contributed by atoms with van der Waals surface area (Å²) >= 11 is 0. The topological polar surface area (TPSA) is 94.2 Å². The maximum absolute atomic E-state index is 6.04. The first kappa shape index (κ1) is 18.6. The van der Waals surface area contributed by atoms with Crippen LogP contribution in [-0.4, -0.2) is 48.6 Å². The molecule has 2 N–H and O–H groups in total. The van der Waals surface area contributed by atoms with Gasteiger partial charge < -0.3 is 15.4 Å². The minimum atomic E-state index is 0.429. The Hall–Kier alpha value is -3.46. The van der Waals surface area contributed by atoms with Crippen LogP contribution in [-0.2, 0) is 7.05 Å². The van der Waals surface area contributed by atoms with Gasteiger partial charge in [0.25, 0.3) is 0 Å². The summed E-state index contributed by atoms with van der Waals surface area (Å²) < 4.78 is 9.72. The number of fused-ring (bicyclic) bond motifs is 1. The monoisotopic (exact) mass is 404 g/mol. The van der Waals surface area contributed by atoms with Gasteiger partial charge in [0.15, 0.2) is 11.6 Å². The van der Waals surface area contributed by atoms with Crippen molar-refractivity contribution in [1.29, 1.82) is 0 Å². The molecule has 0 aliphatic carbocycles. The number of nitrogens with zero attached hydrogens (tertiary/aromatic N) is 6. The van der Waals surface area contributed by atoms with E-state index in [0.29, 0.717) is 12.6 Å². The van der Waals surface area contributed by atoms with E-state index in [1.165, 1.54) is 0 Å². The SMILES string of the molecule is Cc1cc(Nc2cc3cc(-c4c(OC[C@H]5CCN5)cnn4C)ccn3n2)nc(C)n1. The molecule has 0 spiro atoms. The molecule has 4 aromatic rings. The molecule has 1 saturated heterocycles. The molecule has 0 amide bonds. The molecule has 0 radical (unpaired) electrons. The molecule has 5 rings (SSSR count). The molecule has 4 aromatic heterocycles. The number of aryl methyl sites for hydroxylation is 3. The fourth-order valence-electron chi connectivity index (χ4n) is 3.65. The highest BCUT2D eigenvalue weighted by Gasteiger charge is 2.19. The molecule has 1 atom stereocenters. The zero-order valence-electron chi connectivity index (χ0n) is 17.3. The average molecular weight is 404 g/mol. The van der Waals surface area contributed by atoms with E-state index < -0.39 is 0 Å². The highest BCUT2D eigenvalue weighted by Crippen LogP contribution is 2.31. The minimum Gasteiger partial charge on any atom is -0.488 e. The zero-order chi connectivity index (χ0) is 20.7. The second-order valence-electron chi connectivity index (χ2n) is 7.61. The summed E-state index contributed by atoms with van der Waals surface area (Å²) in [6, 6.07) is 8.43. The molecule has 154 valence electrons. The number of ether oxygens (including phenoxy) is 1. The van der Waals surface area contributed by atoms with Crippen molar-refractivity contribution in [2.45, 2.75) is 26.3 Å². The Balaban J connectivity index is 1.42. The first-order valence-electron chi connectivity index (χ1n) is 10.0. The van der Waals surface area contributed by atoms with Gasteiger partial charge in [0.1, 0.15) is 23.9 Å². The van der Waals surface area contributed by atoms with E-state index in [-0.39, 0.29) is 0 Å². The molecule has 5 heterocycles. The number of hydrogen-bond donors (Lipinski definition) is 2. The summed E-state index contributed by atoms with van der Waals surface area (Å²) in [6.45, 7) is 5.54. The molecule has 1 aliphatic heterocycles. The maximum atomic E-state index is 6.04. The number of anilines is 2. The van der Waals surface area contributed by atoms with Crippen LogP contribution in [0.3, 0.4) is 0 Å². The molecule has 1 fully saturated rings. The van der Waals surface area contributed by atoms with Gasteiger partial charge in [-0.1, -0.05) is 0 Å². The van der Waals surface area contributed by atoms with Crippen molar-refractivity contribution in [2.24, 2.45) is 7.05 Å². The number of rotatable bonds is 6. The van der Waals surface area contributed by atoms with E-state index in [4.69, 9.17) is 4.74 Å². The predicted molar refractivity (Wildman–Crippen MR) is 114 cm³/mol. The standard InChI is InChI=1S/C21H24N8O/c1-13-8-19(25-14(2)24-13)26-20-10-17-9-15(5-7-29(17)27-20)21-18(11-23-28(21)3)30-12-16-4-6-22-16/h5,7-11,16,22H,4,6,12H2,1-3H3,(H,24,25,26,27)/t16-/m1/s1. The van der Waals surface area contributed by atoms with Crippen LogP contribution in [0.15, 0.2) is 36.7 Å². The third-order valence-corrected chi connectivity index (χ3v) is 5.23. The smallest absolute Gasteiger partial charge is 0.165 e. The van der Waals surface area contributed by atoms with Crippen molar-refractivity contribution < 1.29 is 4.74 Å². The molecular formula is C21H24N8O. The largest absolute Gasteiger partial charge is 0.488 e. The van der Waals surface area contributed by atoms with E-state index >= 15 is 0 Å². The van der Waals surface area contributed by atoms with Gasteiger partial charge in [-0.3, -0.25) is 4.68 Å². The highest BCUT2D eigenvalue weighted by molar-refractivity contribution is 5.72. The summed E-state index contributed by atoms with van der Waals surface area (Å²) in [6.07, 6.45) is 4.87. The molecule has 1 aliphatic rings. The van der Waals surface area contributed by atoms with E-state index in [2.05, 4.69) is 36.9 Å². The molecule has 9 nitrogen and oxygen atoms in total. The molecule has 0 unspecified atom stereocenters. The van der Waals surface area contributed by atoms with E-state index in [9.17, 15) is 0 Å². The van der Waals surface area contributed by atoms with Crippen LogP contribution >= 0.6 is 0 Å². The van der Waals surface area contributed by atoms with Gasteiger partial charge >= 0.3 is 0 Å². The first-order valence-corrected chi connectivity index (χ1v) is 10.0. The Kier molecular flexibility index (Phi) is 4.59. The van der Waals surface area contributed by atoms with E-state index in [1.807, 2.05) is 54.5 Å². The van der Waals surface area contributed by atoms with Crippen molar-refractivity contribution in [3.63, 3.8) is 0 Å². The van der Waals surface area contributed by atoms with Crippen molar-refractivity contribution in [2.75, 3.05) is 18.5 Å². The van der Waals surface area contributed by atoms with Crippen molar-refractivity contribution in [3.8, 4) is 17.0 Å². The van der Waals surface area contributed by atoms with E-state index in [1.54, 1.807) is 6.20 Å². The summed E-state index contributed by atoms with van der Waals surface area (Å²) in [5.41, 5.74) is 3.86. The second-order valence-corrected chi connectivity index (χ2v) is 7.61. The number of nitrogens with one attached hydrogen (secondary N) is 2. The Bertz CT molecular complexity index is 1190. The van der Waals surface area contributed by atoms with Crippen LogP contribution in [0, 0.1) is 13.8 Å². The van der Waals surface area contributed by atoms with Gasteiger partial charge in [0.05, 0.1) is 11.7 Å². The number of aromatic nitrogens is 6. The van der Waals surface area contributed by atoms with Crippen molar-refractivity contribution in [1.82, 2.24) is 34.7 Å². The quantitative estimate of drug-likeness (QED) is 0.510. The van der Waals surface area contributed by atoms with Crippen molar-refractivity contribution >= 4 is 17.2 Å². The lowest BCUT2D eigenvalue weighted by atomic mass is 10.1. The first-order chi connectivity index (χ1) is 14.5. The van der Waals surface area contributed by atoms with Gasteiger partial charge in [0.2, 0.25) is 0 Å². The third-order valence-electron chi connectivity index (χ3n) is 5.23. The van der Waals surface area contributed by atoms with Crippen LogP contribution in [0.4, 0.5) is 11.6 Å². The second kappa shape index (κ2) is 7.42. The maximum Gasteiger partial charge on any atom is 0.165 e. The van der Waals surface area contributed by atoms with Gasteiger partial charge in [-0.2, -0.15) is 10.2 Å². The van der Waals surface area contributed by atoms with Crippen LogP contribution in [0.25, 0.3) is 16.8 Å². The average Bonchev–Trinajstić information content (AvgIpc) is 3.21. The lowest BCUT2D eigenvalue weighted by molar-refractivity contribution is 0.218. The third kappa shape index (κ3) is 3.59. The summed E-state index contributed by atoms with van der Waals surface area (Å²) in [7, 11) is 1.93. The fourth-order valence-corrected chi connectivity index (χ4v) is 3.65. The Labute approximate surface area is 174 Å². The fraction of sp³-hybridized carbons (Fsp3) is 0.333. The molecular weight excluding hydrogens is 380 g/mol. The molecule has 9 heteroatoms. The van der Waals surface area contributed by atoms with E-state index in [0.717, 1.165) is 58.6 Å². The molecule has 30 heavy (non-hydrogen) atoms. The number of hydrogen-bond acceptors (Lipinski definition) is 7. The predicted octanol–water partition coefficient (Wildman–Crippen LogP) is 2.63.